The van der Waals surface area contributed by atoms with Crippen molar-refractivity contribution in [2.45, 2.75) is 31.2 Å². The van der Waals surface area contributed by atoms with E-state index < -0.39 is 25.9 Å². The van der Waals surface area contributed by atoms with E-state index in [1.165, 1.54) is 14.2 Å². The standard InChI is InChI=1S/C14H21NO5S2/c1-10-7-11(2)14(20-4)13(8-10)22(18,19)15(3)12-5-6-21(16,17)9-12/h7-8,12H,5-6,9H2,1-4H3. The third-order valence-electron chi connectivity index (χ3n) is 3.97. The first-order valence-electron chi connectivity index (χ1n) is 6.92. The first-order valence-corrected chi connectivity index (χ1v) is 10.2. The summed E-state index contributed by atoms with van der Waals surface area (Å²) in [5, 5.41) is 0. The maximum atomic E-state index is 12.9. The van der Waals surface area contributed by atoms with Gasteiger partial charge in [-0.15, -0.1) is 0 Å². The number of benzene rings is 1. The van der Waals surface area contributed by atoms with Gasteiger partial charge in [-0.05, 0) is 37.5 Å². The van der Waals surface area contributed by atoms with Gasteiger partial charge in [0.25, 0.3) is 0 Å². The fourth-order valence-corrected chi connectivity index (χ4v) is 6.35. The maximum absolute atomic E-state index is 12.9. The molecule has 0 aliphatic carbocycles. The minimum Gasteiger partial charge on any atom is -0.495 e. The molecule has 0 N–H and O–H groups in total. The zero-order chi connectivity index (χ0) is 16.7. The topological polar surface area (TPSA) is 80.8 Å². The Morgan fingerprint density at radius 1 is 1.27 bits per heavy atom. The van der Waals surface area contributed by atoms with E-state index in [2.05, 4.69) is 0 Å². The number of sulfonamides is 1. The summed E-state index contributed by atoms with van der Waals surface area (Å²) in [6, 6.07) is 2.87. The monoisotopic (exact) mass is 347 g/mol. The van der Waals surface area contributed by atoms with Gasteiger partial charge in [0.05, 0.1) is 18.6 Å². The van der Waals surface area contributed by atoms with Crippen molar-refractivity contribution in [1.82, 2.24) is 4.31 Å². The van der Waals surface area contributed by atoms with Gasteiger partial charge in [0.2, 0.25) is 10.0 Å². The summed E-state index contributed by atoms with van der Waals surface area (Å²) in [4.78, 5) is 0.0827. The molecular formula is C14H21NO5S2. The van der Waals surface area contributed by atoms with E-state index in [9.17, 15) is 16.8 Å². The van der Waals surface area contributed by atoms with Crippen LogP contribution in [0.1, 0.15) is 17.5 Å². The number of sulfone groups is 1. The Labute approximate surface area is 132 Å². The van der Waals surface area contributed by atoms with Gasteiger partial charge in [0.1, 0.15) is 10.6 Å². The van der Waals surface area contributed by atoms with Crippen LogP contribution in [0, 0.1) is 13.8 Å². The summed E-state index contributed by atoms with van der Waals surface area (Å²) in [6.07, 6.45) is 0.325. The molecule has 124 valence electrons. The lowest BCUT2D eigenvalue weighted by atomic mass is 10.1. The van der Waals surface area contributed by atoms with Gasteiger partial charge in [0.15, 0.2) is 9.84 Å². The van der Waals surface area contributed by atoms with Crippen molar-refractivity contribution in [2.75, 3.05) is 25.7 Å². The van der Waals surface area contributed by atoms with Crippen LogP contribution < -0.4 is 4.74 Å². The maximum Gasteiger partial charge on any atom is 0.246 e. The Hall–Kier alpha value is -1.12. The van der Waals surface area contributed by atoms with Crippen molar-refractivity contribution in [3.63, 3.8) is 0 Å². The van der Waals surface area contributed by atoms with Gasteiger partial charge < -0.3 is 4.74 Å². The van der Waals surface area contributed by atoms with E-state index in [1.54, 1.807) is 13.0 Å². The summed E-state index contributed by atoms with van der Waals surface area (Å²) < 4.78 is 55.3. The largest absolute Gasteiger partial charge is 0.495 e. The lowest BCUT2D eigenvalue weighted by molar-refractivity contribution is 0.378. The summed E-state index contributed by atoms with van der Waals surface area (Å²) >= 11 is 0. The molecule has 0 bridgehead atoms. The van der Waals surface area contributed by atoms with Crippen LogP contribution in [0.5, 0.6) is 5.75 Å². The molecule has 1 unspecified atom stereocenters. The number of hydrogen-bond donors (Lipinski definition) is 0. The predicted molar refractivity (Wildman–Crippen MR) is 84.5 cm³/mol. The average Bonchev–Trinajstić information content (AvgIpc) is 2.77. The third kappa shape index (κ3) is 3.13. The average molecular weight is 347 g/mol. The van der Waals surface area contributed by atoms with E-state index in [4.69, 9.17) is 4.74 Å². The molecule has 1 aliphatic rings. The molecule has 22 heavy (non-hydrogen) atoms. The van der Waals surface area contributed by atoms with Gasteiger partial charge in [-0.25, -0.2) is 16.8 Å². The van der Waals surface area contributed by atoms with Crippen molar-refractivity contribution < 1.29 is 21.6 Å². The fourth-order valence-electron chi connectivity index (χ4n) is 2.78. The first-order chi connectivity index (χ1) is 10.1. The fraction of sp³-hybridized carbons (Fsp3) is 0.571. The van der Waals surface area contributed by atoms with Crippen LogP contribution in [-0.2, 0) is 19.9 Å². The molecule has 1 heterocycles. The molecule has 0 saturated carbocycles. The molecule has 1 fully saturated rings. The normalized spacial score (nSPS) is 21.2. The zero-order valence-corrected chi connectivity index (χ0v) is 14.8. The second kappa shape index (κ2) is 5.82. The van der Waals surface area contributed by atoms with Gasteiger partial charge >= 0.3 is 0 Å². The third-order valence-corrected chi connectivity index (χ3v) is 7.63. The number of rotatable bonds is 4. The Bertz CT molecular complexity index is 784. The highest BCUT2D eigenvalue weighted by molar-refractivity contribution is 7.92. The molecule has 1 aromatic rings. The van der Waals surface area contributed by atoms with Crippen molar-refractivity contribution in [1.29, 1.82) is 0 Å². The number of hydrogen-bond acceptors (Lipinski definition) is 5. The predicted octanol–water partition coefficient (Wildman–Crippen LogP) is 1.12. The van der Waals surface area contributed by atoms with Crippen LogP contribution in [0.4, 0.5) is 0 Å². The smallest absolute Gasteiger partial charge is 0.246 e. The van der Waals surface area contributed by atoms with Crippen LogP contribution in [-0.4, -0.2) is 52.8 Å². The lowest BCUT2D eigenvalue weighted by Crippen LogP contribution is -2.38. The molecule has 6 nitrogen and oxygen atoms in total. The first kappa shape index (κ1) is 17.2. The SMILES string of the molecule is COc1c(C)cc(C)cc1S(=O)(=O)N(C)C1CCS(=O)(=O)C1. The zero-order valence-electron chi connectivity index (χ0n) is 13.2. The van der Waals surface area contributed by atoms with Crippen LogP contribution in [0.25, 0.3) is 0 Å². The second-order valence-corrected chi connectivity index (χ2v) is 9.89. The van der Waals surface area contributed by atoms with E-state index >= 15 is 0 Å². The van der Waals surface area contributed by atoms with E-state index in [0.717, 1.165) is 15.4 Å². The summed E-state index contributed by atoms with van der Waals surface area (Å²) in [7, 11) is -4.11. The van der Waals surface area contributed by atoms with Gasteiger partial charge in [0, 0.05) is 13.1 Å². The molecule has 0 aromatic heterocycles. The van der Waals surface area contributed by atoms with Gasteiger partial charge in [-0.2, -0.15) is 4.31 Å². The second-order valence-electron chi connectivity index (χ2n) is 5.69. The minimum atomic E-state index is -3.82. The molecular weight excluding hydrogens is 326 g/mol. The number of ether oxygens (including phenoxy) is 1. The number of nitrogens with zero attached hydrogens (tertiary/aromatic N) is 1. The van der Waals surface area contributed by atoms with Gasteiger partial charge in [-0.3, -0.25) is 0 Å². The molecule has 1 aliphatic heterocycles. The Balaban J connectivity index is 2.47. The highest BCUT2D eigenvalue weighted by atomic mass is 32.2. The molecule has 0 amide bonds. The highest BCUT2D eigenvalue weighted by Crippen LogP contribution is 2.32. The Kier molecular flexibility index (Phi) is 4.56. The van der Waals surface area contributed by atoms with Crippen molar-refractivity contribution >= 4 is 19.9 Å². The summed E-state index contributed by atoms with van der Waals surface area (Å²) in [5.41, 5.74) is 1.54. The number of aryl methyl sites for hydroxylation is 2. The van der Waals surface area contributed by atoms with Crippen LogP contribution in [0.3, 0.4) is 0 Å². The van der Waals surface area contributed by atoms with Crippen LogP contribution in [0.15, 0.2) is 17.0 Å². The lowest BCUT2D eigenvalue weighted by Gasteiger charge is -2.24. The van der Waals surface area contributed by atoms with Crippen molar-refractivity contribution in [3.8, 4) is 5.75 Å². The molecule has 1 aromatic carbocycles. The Morgan fingerprint density at radius 3 is 2.41 bits per heavy atom. The van der Waals surface area contributed by atoms with Crippen LogP contribution in [0.2, 0.25) is 0 Å². The summed E-state index contributed by atoms with van der Waals surface area (Å²) in [6.45, 7) is 3.59. The quantitative estimate of drug-likeness (QED) is 0.815. The van der Waals surface area contributed by atoms with Crippen LogP contribution >= 0.6 is 0 Å². The van der Waals surface area contributed by atoms with E-state index in [-0.39, 0.29) is 16.4 Å². The van der Waals surface area contributed by atoms with E-state index in [1.807, 2.05) is 13.0 Å². The summed E-state index contributed by atoms with van der Waals surface area (Å²) in [5.74, 6) is 0.204. The molecule has 0 radical (unpaired) electrons. The molecule has 2 rings (SSSR count). The minimum absolute atomic E-state index is 0.0293. The molecule has 0 spiro atoms. The number of methoxy groups -OCH3 is 1. The highest BCUT2D eigenvalue weighted by Gasteiger charge is 2.37. The Morgan fingerprint density at radius 2 is 1.91 bits per heavy atom. The molecule has 8 heteroatoms. The van der Waals surface area contributed by atoms with E-state index in [0.29, 0.717) is 12.2 Å². The molecule has 1 atom stereocenters. The van der Waals surface area contributed by atoms with Crippen molar-refractivity contribution in [2.24, 2.45) is 0 Å². The van der Waals surface area contributed by atoms with Crippen molar-refractivity contribution in [3.05, 3.63) is 23.3 Å². The molecule has 1 saturated heterocycles. The van der Waals surface area contributed by atoms with Gasteiger partial charge in [-0.1, -0.05) is 6.07 Å².